The molecule has 0 aliphatic heterocycles. The Kier molecular flexibility index (Phi) is 4.10. The lowest BCUT2D eigenvalue weighted by molar-refractivity contribution is 0.102. The molecule has 2 aromatic rings. The Morgan fingerprint density at radius 3 is 2.89 bits per heavy atom. The second-order valence-electron chi connectivity index (χ2n) is 4.20. The normalized spacial score (nSPS) is 10.7. The minimum Gasteiger partial charge on any atom is -0.360 e. The van der Waals surface area contributed by atoms with Gasteiger partial charge in [-0.2, -0.15) is 5.10 Å². The topological polar surface area (TPSA) is 84.7 Å². The van der Waals surface area contributed by atoms with Crippen molar-refractivity contribution >= 4 is 28.1 Å². The first-order valence-electron chi connectivity index (χ1n) is 6.03. The lowest BCUT2D eigenvalue weighted by Gasteiger charge is -2.03. The smallest absolute Gasteiger partial charge is 0.286 e. The van der Waals surface area contributed by atoms with Gasteiger partial charge in [0.25, 0.3) is 5.91 Å². The van der Waals surface area contributed by atoms with Crippen LogP contribution in [0.4, 0.5) is 10.8 Å². The summed E-state index contributed by atoms with van der Waals surface area (Å²) in [7, 11) is 0. The second-order valence-corrected chi connectivity index (χ2v) is 5.18. The maximum atomic E-state index is 11.9. The van der Waals surface area contributed by atoms with Gasteiger partial charge in [-0.3, -0.25) is 9.48 Å². The van der Waals surface area contributed by atoms with Crippen LogP contribution in [-0.2, 0) is 0 Å². The third kappa shape index (κ3) is 3.28. The fourth-order valence-corrected chi connectivity index (χ4v) is 2.11. The molecule has 19 heavy (non-hydrogen) atoms. The summed E-state index contributed by atoms with van der Waals surface area (Å²) in [5, 5.41) is 18.6. The van der Waals surface area contributed by atoms with Gasteiger partial charge in [0.05, 0.1) is 11.9 Å². The number of rotatable bonds is 5. The monoisotopic (exact) mass is 280 g/mol. The van der Waals surface area contributed by atoms with Crippen molar-refractivity contribution < 1.29 is 4.79 Å². The Morgan fingerprint density at radius 1 is 1.47 bits per heavy atom. The molecule has 0 saturated heterocycles. The Hall–Kier alpha value is -1.96. The molecule has 2 rings (SSSR count). The maximum Gasteiger partial charge on any atom is 0.286 e. The molecule has 8 heteroatoms. The van der Waals surface area contributed by atoms with Crippen LogP contribution in [0.3, 0.4) is 0 Å². The van der Waals surface area contributed by atoms with Crippen molar-refractivity contribution in [2.75, 3.05) is 17.2 Å². The average molecular weight is 280 g/mol. The van der Waals surface area contributed by atoms with E-state index in [0.717, 1.165) is 6.54 Å². The highest BCUT2D eigenvalue weighted by molar-refractivity contribution is 7.17. The second kappa shape index (κ2) is 5.79. The van der Waals surface area contributed by atoms with Gasteiger partial charge in [0.15, 0.2) is 0 Å². The first kappa shape index (κ1) is 13.5. The van der Waals surface area contributed by atoms with Gasteiger partial charge >= 0.3 is 0 Å². The molecule has 1 amide bonds. The Balaban J connectivity index is 2.02. The zero-order valence-electron chi connectivity index (χ0n) is 11.0. The molecule has 0 atom stereocenters. The number of hydrogen-bond acceptors (Lipinski definition) is 6. The van der Waals surface area contributed by atoms with E-state index in [1.807, 2.05) is 20.8 Å². The quantitative estimate of drug-likeness (QED) is 0.875. The molecule has 0 spiro atoms. The summed E-state index contributed by atoms with van der Waals surface area (Å²) in [6.45, 7) is 6.75. The van der Waals surface area contributed by atoms with Crippen LogP contribution in [0.15, 0.2) is 12.4 Å². The predicted molar refractivity (Wildman–Crippen MR) is 74.6 cm³/mol. The van der Waals surface area contributed by atoms with E-state index < -0.39 is 0 Å². The van der Waals surface area contributed by atoms with Crippen LogP contribution in [0.5, 0.6) is 0 Å². The molecule has 0 aliphatic rings. The molecule has 2 aromatic heterocycles. The summed E-state index contributed by atoms with van der Waals surface area (Å²) in [5.41, 5.74) is 0.652. The molecule has 2 N–H and O–H groups in total. The van der Waals surface area contributed by atoms with Crippen molar-refractivity contribution in [3.63, 3.8) is 0 Å². The van der Waals surface area contributed by atoms with Crippen LogP contribution >= 0.6 is 11.3 Å². The van der Waals surface area contributed by atoms with Crippen LogP contribution in [0.25, 0.3) is 0 Å². The van der Waals surface area contributed by atoms with E-state index in [9.17, 15) is 4.79 Å². The summed E-state index contributed by atoms with van der Waals surface area (Å²) in [6.07, 6.45) is 3.40. The van der Waals surface area contributed by atoms with Crippen molar-refractivity contribution in [3.05, 3.63) is 17.4 Å². The molecule has 0 aliphatic carbocycles. The van der Waals surface area contributed by atoms with E-state index in [0.29, 0.717) is 15.8 Å². The molecule has 2 heterocycles. The van der Waals surface area contributed by atoms with E-state index in [1.165, 1.54) is 11.3 Å². The van der Waals surface area contributed by atoms with Crippen LogP contribution in [-0.4, -0.2) is 32.4 Å². The van der Waals surface area contributed by atoms with Crippen molar-refractivity contribution in [3.8, 4) is 0 Å². The van der Waals surface area contributed by atoms with Gasteiger partial charge in [0, 0.05) is 18.8 Å². The van der Waals surface area contributed by atoms with Crippen LogP contribution in [0.1, 0.15) is 36.6 Å². The fourth-order valence-electron chi connectivity index (χ4n) is 1.41. The predicted octanol–water partition coefficient (Wildman–Crippen LogP) is 2.00. The van der Waals surface area contributed by atoms with E-state index in [-0.39, 0.29) is 11.9 Å². The number of nitrogens with zero attached hydrogens (tertiary/aromatic N) is 4. The standard InChI is InChI=1S/C11H16N6OS/c1-4-12-11-16-15-10(19-11)9(18)14-8-5-13-17(6-8)7(2)3/h5-7H,4H2,1-3H3,(H,12,16)(H,14,18). The highest BCUT2D eigenvalue weighted by Gasteiger charge is 2.13. The highest BCUT2D eigenvalue weighted by Crippen LogP contribution is 2.17. The van der Waals surface area contributed by atoms with Crippen molar-refractivity contribution in [1.29, 1.82) is 0 Å². The number of anilines is 2. The molecule has 102 valence electrons. The van der Waals surface area contributed by atoms with Gasteiger partial charge < -0.3 is 10.6 Å². The summed E-state index contributed by atoms with van der Waals surface area (Å²) >= 11 is 1.23. The van der Waals surface area contributed by atoms with Crippen LogP contribution in [0.2, 0.25) is 0 Å². The van der Waals surface area contributed by atoms with E-state index in [1.54, 1.807) is 17.1 Å². The third-order valence-electron chi connectivity index (χ3n) is 2.34. The summed E-state index contributed by atoms with van der Waals surface area (Å²) in [6, 6.07) is 0.257. The zero-order valence-corrected chi connectivity index (χ0v) is 11.9. The minimum atomic E-state index is -0.273. The zero-order chi connectivity index (χ0) is 13.8. The van der Waals surface area contributed by atoms with E-state index in [4.69, 9.17) is 0 Å². The summed E-state index contributed by atoms with van der Waals surface area (Å²) in [5.74, 6) is -0.273. The molecule has 0 radical (unpaired) electrons. The Bertz CT molecular complexity index is 561. The lowest BCUT2D eigenvalue weighted by atomic mass is 10.4. The van der Waals surface area contributed by atoms with Crippen LogP contribution in [0, 0.1) is 0 Å². The Labute approximate surface area is 115 Å². The average Bonchev–Trinajstić information content (AvgIpc) is 2.98. The molecule has 0 fully saturated rings. The fraction of sp³-hybridized carbons (Fsp3) is 0.455. The number of carbonyl (C=O) groups is 1. The lowest BCUT2D eigenvalue weighted by Crippen LogP contribution is -2.11. The molecule has 0 aromatic carbocycles. The minimum absolute atomic E-state index is 0.257. The van der Waals surface area contributed by atoms with Gasteiger partial charge in [-0.05, 0) is 20.8 Å². The summed E-state index contributed by atoms with van der Waals surface area (Å²) < 4.78 is 1.78. The van der Waals surface area contributed by atoms with Gasteiger partial charge in [-0.15, -0.1) is 10.2 Å². The van der Waals surface area contributed by atoms with E-state index in [2.05, 4.69) is 25.9 Å². The molecule has 0 saturated carbocycles. The van der Waals surface area contributed by atoms with Gasteiger partial charge in [0.1, 0.15) is 0 Å². The highest BCUT2D eigenvalue weighted by atomic mass is 32.1. The number of aromatic nitrogens is 4. The maximum absolute atomic E-state index is 11.9. The number of amides is 1. The summed E-state index contributed by atoms with van der Waals surface area (Å²) in [4.78, 5) is 11.9. The number of hydrogen-bond donors (Lipinski definition) is 2. The Morgan fingerprint density at radius 2 is 2.26 bits per heavy atom. The molecular weight excluding hydrogens is 264 g/mol. The molecule has 0 unspecified atom stereocenters. The van der Waals surface area contributed by atoms with Gasteiger partial charge in [0.2, 0.25) is 10.1 Å². The number of carbonyl (C=O) groups excluding carboxylic acids is 1. The van der Waals surface area contributed by atoms with Crippen molar-refractivity contribution in [2.45, 2.75) is 26.8 Å². The number of nitrogens with one attached hydrogen (secondary N) is 2. The van der Waals surface area contributed by atoms with Crippen molar-refractivity contribution in [1.82, 2.24) is 20.0 Å². The first-order valence-corrected chi connectivity index (χ1v) is 6.84. The van der Waals surface area contributed by atoms with Gasteiger partial charge in [-0.1, -0.05) is 11.3 Å². The SMILES string of the molecule is CCNc1nnc(C(=O)Nc2cnn(C(C)C)c2)s1. The van der Waals surface area contributed by atoms with Crippen LogP contribution < -0.4 is 10.6 Å². The van der Waals surface area contributed by atoms with Crippen molar-refractivity contribution in [2.24, 2.45) is 0 Å². The molecule has 7 nitrogen and oxygen atoms in total. The molecule has 0 bridgehead atoms. The third-order valence-corrected chi connectivity index (χ3v) is 3.22. The largest absolute Gasteiger partial charge is 0.360 e. The molecular formula is C11H16N6OS. The van der Waals surface area contributed by atoms with Gasteiger partial charge in [-0.25, -0.2) is 0 Å². The van der Waals surface area contributed by atoms with E-state index >= 15 is 0 Å². The first-order chi connectivity index (χ1) is 9.10.